The molecule has 1 heterocycles. The lowest BCUT2D eigenvalue weighted by molar-refractivity contribution is -0.0299. The summed E-state index contributed by atoms with van der Waals surface area (Å²) >= 11 is 0. The molecule has 12 heavy (non-hydrogen) atoms. The van der Waals surface area contributed by atoms with Crippen molar-refractivity contribution in [2.75, 3.05) is 6.61 Å². The topological polar surface area (TPSA) is 29.5 Å². The van der Waals surface area contributed by atoms with Crippen molar-refractivity contribution in [2.45, 2.75) is 51.7 Å². The molecule has 1 N–H and O–H groups in total. The predicted octanol–water partition coefficient (Wildman–Crippen LogP) is 1.96. The molecule has 1 fully saturated rings. The van der Waals surface area contributed by atoms with E-state index in [1.54, 1.807) is 0 Å². The van der Waals surface area contributed by atoms with Gasteiger partial charge in [0, 0.05) is 6.61 Å². The van der Waals surface area contributed by atoms with Gasteiger partial charge in [-0.25, -0.2) is 0 Å². The number of hydrogen-bond donors (Lipinski definition) is 1. The second-order valence-corrected chi connectivity index (χ2v) is 3.81. The van der Waals surface area contributed by atoms with Crippen molar-refractivity contribution in [1.29, 1.82) is 0 Å². The van der Waals surface area contributed by atoms with E-state index in [4.69, 9.17) is 4.74 Å². The largest absolute Gasteiger partial charge is 0.390 e. The Balaban J connectivity index is 2.29. The first kappa shape index (κ1) is 10.0. The summed E-state index contributed by atoms with van der Waals surface area (Å²) < 4.78 is 5.43. The molecule has 72 valence electrons. The first-order valence-corrected chi connectivity index (χ1v) is 5.05. The highest BCUT2D eigenvalue weighted by Gasteiger charge is 2.27. The van der Waals surface area contributed by atoms with Crippen molar-refractivity contribution in [3.8, 4) is 0 Å². The van der Waals surface area contributed by atoms with Crippen LogP contribution in [0.2, 0.25) is 0 Å². The molecule has 0 aromatic heterocycles. The van der Waals surface area contributed by atoms with Crippen LogP contribution >= 0.6 is 0 Å². The fourth-order valence-corrected chi connectivity index (χ4v) is 1.86. The summed E-state index contributed by atoms with van der Waals surface area (Å²) in [6, 6.07) is 0. The third-order valence-corrected chi connectivity index (χ3v) is 2.67. The molecule has 0 aromatic carbocycles. The van der Waals surface area contributed by atoms with Crippen LogP contribution in [-0.4, -0.2) is 23.9 Å². The van der Waals surface area contributed by atoms with Crippen LogP contribution in [0.3, 0.4) is 0 Å². The minimum absolute atomic E-state index is 0.117. The van der Waals surface area contributed by atoms with E-state index >= 15 is 0 Å². The Bertz CT molecular complexity index is 119. The number of aliphatic hydroxyl groups excluding tert-OH is 1. The Labute approximate surface area is 74.9 Å². The van der Waals surface area contributed by atoms with Gasteiger partial charge in [-0.2, -0.15) is 0 Å². The predicted molar refractivity (Wildman–Crippen MR) is 49.1 cm³/mol. The lowest BCUT2D eigenvalue weighted by Crippen LogP contribution is -2.31. The third-order valence-electron chi connectivity index (χ3n) is 2.67. The third kappa shape index (κ3) is 2.46. The van der Waals surface area contributed by atoms with Gasteiger partial charge in [-0.15, -0.1) is 0 Å². The molecule has 1 aliphatic heterocycles. The average molecular weight is 172 g/mol. The Morgan fingerprint density at radius 1 is 1.58 bits per heavy atom. The molecule has 3 atom stereocenters. The highest BCUT2D eigenvalue weighted by molar-refractivity contribution is 4.77. The van der Waals surface area contributed by atoms with E-state index in [9.17, 15) is 5.11 Å². The van der Waals surface area contributed by atoms with Gasteiger partial charge in [0.25, 0.3) is 0 Å². The molecular weight excluding hydrogens is 152 g/mol. The van der Waals surface area contributed by atoms with Crippen molar-refractivity contribution < 1.29 is 9.84 Å². The Hall–Kier alpha value is -0.0800. The molecule has 0 aromatic rings. The van der Waals surface area contributed by atoms with Gasteiger partial charge in [-0.3, -0.25) is 0 Å². The highest BCUT2D eigenvalue weighted by Crippen LogP contribution is 2.22. The van der Waals surface area contributed by atoms with Gasteiger partial charge < -0.3 is 9.84 Å². The first-order valence-electron chi connectivity index (χ1n) is 5.05. The molecule has 0 amide bonds. The maximum Gasteiger partial charge on any atom is 0.0837 e. The average Bonchev–Trinajstić information content (AvgIpc) is 2.55. The van der Waals surface area contributed by atoms with E-state index in [-0.39, 0.29) is 12.2 Å². The lowest BCUT2D eigenvalue weighted by Gasteiger charge is -2.23. The quantitative estimate of drug-likeness (QED) is 0.702. The van der Waals surface area contributed by atoms with Crippen LogP contribution in [0.1, 0.15) is 39.5 Å². The van der Waals surface area contributed by atoms with Crippen LogP contribution in [0.15, 0.2) is 0 Å². The maximum absolute atomic E-state index is 9.82. The summed E-state index contributed by atoms with van der Waals surface area (Å²) in [7, 11) is 0. The van der Waals surface area contributed by atoms with Crippen LogP contribution in [0, 0.1) is 5.92 Å². The smallest absolute Gasteiger partial charge is 0.0837 e. The maximum atomic E-state index is 9.82. The summed E-state index contributed by atoms with van der Waals surface area (Å²) in [5.74, 6) is 0.387. The van der Waals surface area contributed by atoms with Gasteiger partial charge in [-0.05, 0) is 25.2 Å². The van der Waals surface area contributed by atoms with Crippen LogP contribution in [-0.2, 0) is 4.74 Å². The van der Waals surface area contributed by atoms with Crippen LogP contribution < -0.4 is 0 Å². The van der Waals surface area contributed by atoms with Crippen LogP contribution in [0.5, 0.6) is 0 Å². The second kappa shape index (κ2) is 4.83. The van der Waals surface area contributed by atoms with Crippen molar-refractivity contribution in [2.24, 2.45) is 5.92 Å². The monoisotopic (exact) mass is 172 g/mol. The zero-order valence-corrected chi connectivity index (χ0v) is 8.12. The summed E-state index contributed by atoms with van der Waals surface area (Å²) in [4.78, 5) is 0. The summed E-state index contributed by atoms with van der Waals surface area (Å²) in [5, 5.41) is 9.82. The molecule has 1 rings (SSSR count). The molecule has 0 radical (unpaired) electrons. The molecule has 3 unspecified atom stereocenters. The van der Waals surface area contributed by atoms with Gasteiger partial charge in [0.2, 0.25) is 0 Å². The first-order chi connectivity index (χ1) is 5.75. The molecule has 2 heteroatoms. The van der Waals surface area contributed by atoms with E-state index < -0.39 is 0 Å². The van der Waals surface area contributed by atoms with E-state index in [1.165, 1.54) is 0 Å². The molecule has 0 bridgehead atoms. The molecule has 0 aliphatic carbocycles. The minimum Gasteiger partial charge on any atom is -0.390 e. The fraction of sp³-hybridized carbons (Fsp3) is 1.00. The molecule has 1 aliphatic rings. The van der Waals surface area contributed by atoms with Crippen molar-refractivity contribution in [3.63, 3.8) is 0 Å². The molecule has 1 saturated heterocycles. The van der Waals surface area contributed by atoms with Crippen LogP contribution in [0.4, 0.5) is 0 Å². The Kier molecular flexibility index (Phi) is 4.02. The number of aliphatic hydroxyl groups is 1. The van der Waals surface area contributed by atoms with E-state index in [1.807, 2.05) is 0 Å². The standard InChI is InChI=1S/C10H20O2/c1-3-5-8(2)10(11)9-6-4-7-12-9/h8-11H,3-7H2,1-2H3. The molecule has 2 nitrogen and oxygen atoms in total. The molecule has 0 spiro atoms. The minimum atomic E-state index is -0.243. The van der Waals surface area contributed by atoms with Crippen LogP contribution in [0.25, 0.3) is 0 Å². The van der Waals surface area contributed by atoms with E-state index in [0.29, 0.717) is 5.92 Å². The number of ether oxygens (including phenoxy) is 1. The van der Waals surface area contributed by atoms with Gasteiger partial charge in [0.05, 0.1) is 12.2 Å². The van der Waals surface area contributed by atoms with Crippen molar-refractivity contribution >= 4 is 0 Å². The van der Waals surface area contributed by atoms with Crippen molar-refractivity contribution in [1.82, 2.24) is 0 Å². The second-order valence-electron chi connectivity index (χ2n) is 3.81. The summed E-state index contributed by atoms with van der Waals surface area (Å²) in [6.45, 7) is 5.09. The Morgan fingerprint density at radius 2 is 2.33 bits per heavy atom. The molecular formula is C10H20O2. The fourth-order valence-electron chi connectivity index (χ4n) is 1.86. The summed E-state index contributed by atoms with van der Waals surface area (Å²) in [6.07, 6.45) is 4.26. The SMILES string of the molecule is CCCC(C)C(O)C1CCCO1. The van der Waals surface area contributed by atoms with Gasteiger partial charge in [0.15, 0.2) is 0 Å². The number of hydrogen-bond acceptors (Lipinski definition) is 2. The molecule has 0 saturated carbocycles. The summed E-state index contributed by atoms with van der Waals surface area (Å²) in [5.41, 5.74) is 0. The van der Waals surface area contributed by atoms with Crippen molar-refractivity contribution in [3.05, 3.63) is 0 Å². The van der Waals surface area contributed by atoms with E-state index in [0.717, 1.165) is 32.3 Å². The van der Waals surface area contributed by atoms with Gasteiger partial charge in [0.1, 0.15) is 0 Å². The Morgan fingerprint density at radius 3 is 2.83 bits per heavy atom. The lowest BCUT2D eigenvalue weighted by atomic mass is 9.94. The number of rotatable bonds is 4. The highest BCUT2D eigenvalue weighted by atomic mass is 16.5. The van der Waals surface area contributed by atoms with Gasteiger partial charge in [-0.1, -0.05) is 20.3 Å². The van der Waals surface area contributed by atoms with E-state index in [2.05, 4.69) is 13.8 Å². The zero-order valence-electron chi connectivity index (χ0n) is 8.12. The normalized spacial score (nSPS) is 28.8. The van der Waals surface area contributed by atoms with Gasteiger partial charge >= 0.3 is 0 Å². The zero-order chi connectivity index (χ0) is 8.97.